The summed E-state index contributed by atoms with van der Waals surface area (Å²) in [6.45, 7) is 0. The lowest BCUT2D eigenvalue weighted by atomic mass is 9.96. The van der Waals surface area contributed by atoms with E-state index in [1.165, 1.54) is 32.1 Å². The lowest BCUT2D eigenvalue weighted by molar-refractivity contribution is 0.394. The largest absolute Gasteiger partial charge is 0.367 e. The van der Waals surface area contributed by atoms with Gasteiger partial charge in [0.2, 0.25) is 5.95 Å². The van der Waals surface area contributed by atoms with Crippen molar-refractivity contribution in [3.63, 3.8) is 0 Å². The number of anilines is 1. The first-order valence-corrected chi connectivity index (χ1v) is 9.32. The van der Waals surface area contributed by atoms with Crippen LogP contribution in [0.1, 0.15) is 32.1 Å². The number of fused-ring (bicyclic) bond motifs is 2. The summed E-state index contributed by atoms with van der Waals surface area (Å²) in [5.41, 5.74) is 9.03. The van der Waals surface area contributed by atoms with Gasteiger partial charge in [0, 0.05) is 30.2 Å². The zero-order chi connectivity index (χ0) is 18.6. The van der Waals surface area contributed by atoms with Crippen molar-refractivity contribution in [1.29, 1.82) is 0 Å². The van der Waals surface area contributed by atoms with Gasteiger partial charge >= 0.3 is 0 Å². The second-order valence-electron chi connectivity index (χ2n) is 6.75. The lowest BCUT2D eigenvalue weighted by Gasteiger charge is -2.20. The van der Waals surface area contributed by atoms with E-state index in [1.54, 1.807) is 21.4 Å². The molecule has 0 radical (unpaired) electrons. The van der Waals surface area contributed by atoms with Gasteiger partial charge in [-0.05, 0) is 38.1 Å². The SMILES string of the molecule is CNC1CCCCC1.Nc1ncc2c(-c3ccc4nccn4n3)ccn2n1. The van der Waals surface area contributed by atoms with E-state index in [1.807, 2.05) is 30.6 Å². The Morgan fingerprint density at radius 2 is 1.85 bits per heavy atom. The van der Waals surface area contributed by atoms with Crippen molar-refractivity contribution in [3.8, 4) is 11.3 Å². The molecule has 0 spiro atoms. The Labute approximate surface area is 157 Å². The van der Waals surface area contributed by atoms with E-state index >= 15 is 0 Å². The highest BCUT2D eigenvalue weighted by Crippen LogP contribution is 2.23. The van der Waals surface area contributed by atoms with Crippen LogP contribution in [0.4, 0.5) is 5.95 Å². The third-order valence-corrected chi connectivity index (χ3v) is 4.98. The highest BCUT2D eigenvalue weighted by atomic mass is 15.3. The number of nitrogens with two attached hydrogens (primary N) is 1. The van der Waals surface area contributed by atoms with Crippen LogP contribution in [0.5, 0.6) is 0 Å². The van der Waals surface area contributed by atoms with Crippen LogP contribution in [0.3, 0.4) is 0 Å². The second-order valence-corrected chi connectivity index (χ2v) is 6.75. The third-order valence-electron chi connectivity index (χ3n) is 4.98. The van der Waals surface area contributed by atoms with Crippen LogP contribution in [0.25, 0.3) is 22.4 Å². The van der Waals surface area contributed by atoms with Gasteiger partial charge < -0.3 is 11.1 Å². The quantitative estimate of drug-likeness (QED) is 0.567. The Hall–Kier alpha value is -3.00. The van der Waals surface area contributed by atoms with E-state index in [4.69, 9.17) is 5.73 Å². The Bertz CT molecular complexity index is 1030. The summed E-state index contributed by atoms with van der Waals surface area (Å²) < 4.78 is 3.43. The van der Waals surface area contributed by atoms with Crippen molar-refractivity contribution in [1.82, 2.24) is 34.5 Å². The molecule has 0 aliphatic heterocycles. The maximum Gasteiger partial charge on any atom is 0.238 e. The number of nitrogen functional groups attached to an aromatic ring is 1. The van der Waals surface area contributed by atoms with E-state index in [0.717, 1.165) is 28.5 Å². The van der Waals surface area contributed by atoms with Gasteiger partial charge in [-0.25, -0.2) is 19.0 Å². The minimum absolute atomic E-state index is 0.243. The Balaban J connectivity index is 0.000000190. The molecule has 5 rings (SSSR count). The van der Waals surface area contributed by atoms with Crippen LogP contribution in [-0.2, 0) is 0 Å². The van der Waals surface area contributed by atoms with E-state index in [0.29, 0.717) is 0 Å². The topological polar surface area (TPSA) is 98.4 Å². The zero-order valence-corrected chi connectivity index (χ0v) is 15.4. The van der Waals surface area contributed by atoms with Gasteiger partial charge in [0.05, 0.1) is 17.4 Å². The fraction of sp³-hybridized carbons (Fsp3) is 0.368. The van der Waals surface area contributed by atoms with Gasteiger partial charge in [-0.2, -0.15) is 5.10 Å². The highest BCUT2D eigenvalue weighted by molar-refractivity contribution is 5.78. The number of nitrogens with zero attached hydrogens (tertiary/aromatic N) is 6. The molecule has 0 bridgehead atoms. The maximum absolute atomic E-state index is 5.56. The number of aromatic nitrogens is 6. The molecule has 27 heavy (non-hydrogen) atoms. The molecule has 0 amide bonds. The smallest absolute Gasteiger partial charge is 0.238 e. The lowest BCUT2D eigenvalue weighted by Crippen LogP contribution is -2.26. The van der Waals surface area contributed by atoms with E-state index in [9.17, 15) is 0 Å². The molecule has 8 nitrogen and oxygen atoms in total. The number of hydrogen-bond donors (Lipinski definition) is 2. The predicted octanol–water partition coefficient (Wildman–Crippen LogP) is 2.56. The molecule has 0 aromatic carbocycles. The third kappa shape index (κ3) is 3.75. The molecular weight excluding hydrogens is 340 g/mol. The molecule has 140 valence electrons. The Morgan fingerprint density at radius 3 is 2.63 bits per heavy atom. The molecule has 1 aliphatic rings. The fourth-order valence-electron chi connectivity index (χ4n) is 3.48. The van der Waals surface area contributed by atoms with Crippen molar-refractivity contribution in [2.24, 2.45) is 0 Å². The van der Waals surface area contributed by atoms with Crippen molar-refractivity contribution in [2.45, 2.75) is 38.1 Å². The summed E-state index contributed by atoms with van der Waals surface area (Å²) in [7, 11) is 2.07. The number of rotatable bonds is 2. The summed E-state index contributed by atoms with van der Waals surface area (Å²) in [6.07, 6.45) is 14.2. The molecule has 1 aliphatic carbocycles. The standard InChI is InChI=1S/C12H9N7.C7H15N/c13-12-15-7-10-8(3-5-18(10)17-12)9-1-2-11-14-4-6-19(11)16-9;1-8-7-5-3-2-4-6-7/h1-7H,(H2,13,17);7-8H,2-6H2,1H3. The van der Waals surface area contributed by atoms with E-state index in [-0.39, 0.29) is 5.95 Å². The second kappa shape index (κ2) is 7.71. The van der Waals surface area contributed by atoms with Gasteiger partial charge in [0.15, 0.2) is 5.65 Å². The Morgan fingerprint density at radius 1 is 1.00 bits per heavy atom. The van der Waals surface area contributed by atoms with Crippen LogP contribution in [0.15, 0.2) is 43.0 Å². The first kappa shape index (κ1) is 17.4. The van der Waals surface area contributed by atoms with Crippen LogP contribution >= 0.6 is 0 Å². The minimum atomic E-state index is 0.243. The first-order chi connectivity index (χ1) is 13.2. The van der Waals surface area contributed by atoms with Gasteiger partial charge in [-0.15, -0.1) is 5.10 Å². The normalized spacial score (nSPS) is 15.0. The summed E-state index contributed by atoms with van der Waals surface area (Å²) in [6, 6.07) is 6.62. The molecule has 4 heterocycles. The molecule has 0 saturated heterocycles. The van der Waals surface area contributed by atoms with Crippen LogP contribution < -0.4 is 11.1 Å². The van der Waals surface area contributed by atoms with Crippen molar-refractivity contribution in [3.05, 3.63) is 43.0 Å². The van der Waals surface area contributed by atoms with E-state index < -0.39 is 0 Å². The summed E-state index contributed by atoms with van der Waals surface area (Å²) >= 11 is 0. The van der Waals surface area contributed by atoms with Crippen LogP contribution in [0.2, 0.25) is 0 Å². The average Bonchev–Trinajstić information content (AvgIpc) is 3.34. The van der Waals surface area contributed by atoms with Crippen molar-refractivity contribution in [2.75, 3.05) is 12.8 Å². The minimum Gasteiger partial charge on any atom is -0.367 e. The molecule has 0 atom stereocenters. The van der Waals surface area contributed by atoms with Crippen LogP contribution in [0, 0.1) is 0 Å². The average molecular weight is 364 g/mol. The maximum atomic E-state index is 5.56. The monoisotopic (exact) mass is 364 g/mol. The molecule has 4 aromatic heterocycles. The number of imidazole rings is 1. The molecule has 3 N–H and O–H groups in total. The van der Waals surface area contributed by atoms with Gasteiger partial charge in [-0.3, -0.25) is 0 Å². The molecular formula is C19H24N8. The van der Waals surface area contributed by atoms with Gasteiger partial charge in [-0.1, -0.05) is 19.3 Å². The zero-order valence-electron chi connectivity index (χ0n) is 15.4. The summed E-state index contributed by atoms with van der Waals surface area (Å²) in [5, 5.41) is 11.9. The summed E-state index contributed by atoms with van der Waals surface area (Å²) in [5.74, 6) is 0.243. The molecule has 1 saturated carbocycles. The van der Waals surface area contributed by atoms with Crippen molar-refractivity contribution >= 4 is 17.1 Å². The molecule has 8 heteroatoms. The van der Waals surface area contributed by atoms with E-state index in [2.05, 4.69) is 32.5 Å². The highest BCUT2D eigenvalue weighted by Gasteiger charge is 2.10. The number of nitrogens with one attached hydrogen (secondary N) is 1. The Kier molecular flexibility index (Phi) is 4.97. The first-order valence-electron chi connectivity index (χ1n) is 9.32. The molecule has 1 fully saturated rings. The fourth-order valence-corrected chi connectivity index (χ4v) is 3.48. The van der Waals surface area contributed by atoms with Crippen LogP contribution in [-0.4, -0.2) is 42.3 Å². The van der Waals surface area contributed by atoms with Gasteiger partial charge in [0.25, 0.3) is 0 Å². The van der Waals surface area contributed by atoms with Gasteiger partial charge in [0.1, 0.15) is 0 Å². The van der Waals surface area contributed by atoms with Crippen molar-refractivity contribution < 1.29 is 0 Å². The molecule has 0 unspecified atom stereocenters. The molecule has 4 aromatic rings. The summed E-state index contributed by atoms with van der Waals surface area (Å²) in [4.78, 5) is 8.19. The predicted molar refractivity (Wildman–Crippen MR) is 105 cm³/mol. The number of hydrogen-bond acceptors (Lipinski definition) is 6.